The minimum absolute atomic E-state index is 0.0386. The van der Waals surface area contributed by atoms with Crippen molar-refractivity contribution in [1.82, 2.24) is 5.32 Å². The first kappa shape index (κ1) is 12.6. The summed E-state index contributed by atoms with van der Waals surface area (Å²) in [6, 6.07) is 8.17. The van der Waals surface area contributed by atoms with Gasteiger partial charge in [0.25, 0.3) is 0 Å². The Bertz CT molecular complexity index is 440. The zero-order valence-corrected chi connectivity index (χ0v) is 12.0. The van der Waals surface area contributed by atoms with Gasteiger partial charge in [-0.25, -0.2) is 0 Å². The largest absolute Gasteiger partial charge is 0.350 e. The first-order valence-electron chi connectivity index (χ1n) is 5.95. The van der Waals surface area contributed by atoms with Gasteiger partial charge < -0.3 is 5.32 Å². The summed E-state index contributed by atoms with van der Waals surface area (Å²) in [6.45, 7) is 6.12. The second kappa shape index (κ2) is 4.45. The van der Waals surface area contributed by atoms with Crippen LogP contribution >= 0.6 is 15.9 Å². The lowest BCUT2D eigenvalue weighted by molar-refractivity contribution is -0.124. The Hall–Kier alpha value is -0.830. The molecule has 1 amide bonds. The maximum atomic E-state index is 12.2. The molecule has 1 N–H and O–H groups in total. The Labute approximate surface area is 111 Å². The van der Waals surface area contributed by atoms with Crippen LogP contribution in [0.5, 0.6) is 0 Å². The maximum absolute atomic E-state index is 12.2. The molecule has 1 aliphatic carbocycles. The zero-order valence-electron chi connectivity index (χ0n) is 10.5. The molecule has 2 rings (SSSR count). The van der Waals surface area contributed by atoms with E-state index in [4.69, 9.17) is 0 Å². The highest BCUT2D eigenvalue weighted by Gasteiger charge is 2.35. The van der Waals surface area contributed by atoms with Gasteiger partial charge in [0.15, 0.2) is 0 Å². The first-order valence-corrected chi connectivity index (χ1v) is 6.87. The average Bonchev–Trinajstić information content (AvgIpc) is 2.18. The van der Waals surface area contributed by atoms with Crippen molar-refractivity contribution in [2.45, 2.75) is 43.5 Å². The molecular weight excluding hydrogens is 278 g/mol. The molecule has 0 saturated carbocycles. The van der Waals surface area contributed by atoms with E-state index in [2.05, 4.69) is 34.2 Å². The van der Waals surface area contributed by atoms with E-state index in [1.165, 1.54) is 11.1 Å². The molecule has 92 valence electrons. The van der Waals surface area contributed by atoms with Crippen LogP contribution in [-0.4, -0.2) is 16.3 Å². The number of benzene rings is 1. The van der Waals surface area contributed by atoms with Crippen molar-refractivity contribution in [3.63, 3.8) is 0 Å². The number of amides is 1. The lowest BCUT2D eigenvalue weighted by Crippen LogP contribution is -2.51. The number of carbonyl (C=O) groups excluding carboxylic acids is 1. The summed E-state index contributed by atoms with van der Waals surface area (Å²) >= 11 is 3.53. The van der Waals surface area contributed by atoms with E-state index in [-0.39, 0.29) is 22.2 Å². The monoisotopic (exact) mass is 295 g/mol. The SMILES string of the molecule is CC(Br)C(C)(C)NC(=O)C1Cc2ccccc21. The average molecular weight is 296 g/mol. The van der Waals surface area contributed by atoms with Crippen molar-refractivity contribution in [3.05, 3.63) is 35.4 Å². The van der Waals surface area contributed by atoms with Gasteiger partial charge >= 0.3 is 0 Å². The van der Waals surface area contributed by atoms with E-state index in [9.17, 15) is 4.79 Å². The normalized spacial score (nSPS) is 20.1. The molecule has 0 spiro atoms. The predicted octanol–water partition coefficient (Wildman–Crippen LogP) is 3.00. The van der Waals surface area contributed by atoms with Crippen LogP contribution in [0.15, 0.2) is 24.3 Å². The molecule has 1 aliphatic rings. The van der Waals surface area contributed by atoms with Crippen LogP contribution < -0.4 is 5.32 Å². The van der Waals surface area contributed by atoms with Crippen LogP contribution in [0.25, 0.3) is 0 Å². The highest BCUT2D eigenvalue weighted by atomic mass is 79.9. The summed E-state index contributed by atoms with van der Waals surface area (Å²) in [5.74, 6) is 0.178. The van der Waals surface area contributed by atoms with Crippen molar-refractivity contribution in [3.8, 4) is 0 Å². The molecule has 2 unspecified atom stereocenters. The summed E-state index contributed by atoms with van der Waals surface area (Å²) in [7, 11) is 0. The van der Waals surface area contributed by atoms with Gasteiger partial charge in [0.05, 0.1) is 5.92 Å². The smallest absolute Gasteiger partial charge is 0.228 e. The van der Waals surface area contributed by atoms with Gasteiger partial charge in [-0.05, 0) is 31.4 Å². The van der Waals surface area contributed by atoms with Gasteiger partial charge in [0.2, 0.25) is 5.91 Å². The van der Waals surface area contributed by atoms with E-state index >= 15 is 0 Å². The molecule has 0 aliphatic heterocycles. The molecule has 2 atom stereocenters. The number of hydrogen-bond donors (Lipinski definition) is 1. The van der Waals surface area contributed by atoms with Crippen LogP contribution in [0.2, 0.25) is 0 Å². The third-order valence-corrected chi connectivity index (χ3v) is 4.76. The second-order valence-corrected chi connectivity index (χ2v) is 6.66. The molecule has 0 fully saturated rings. The molecule has 1 aromatic rings. The standard InChI is InChI=1S/C14H18BrNO/c1-9(15)14(2,3)16-13(17)12-8-10-6-4-5-7-11(10)12/h4-7,9,12H,8H2,1-3H3,(H,16,17). The lowest BCUT2D eigenvalue weighted by atomic mass is 9.76. The summed E-state index contributed by atoms with van der Waals surface area (Å²) in [5.41, 5.74) is 2.27. The Kier molecular flexibility index (Phi) is 3.30. The van der Waals surface area contributed by atoms with Crippen LogP contribution in [0.1, 0.15) is 37.8 Å². The van der Waals surface area contributed by atoms with E-state index in [0.29, 0.717) is 0 Å². The van der Waals surface area contributed by atoms with Crippen molar-refractivity contribution in [2.75, 3.05) is 0 Å². The lowest BCUT2D eigenvalue weighted by Gasteiger charge is -2.35. The zero-order chi connectivity index (χ0) is 12.6. The van der Waals surface area contributed by atoms with Gasteiger partial charge in [-0.15, -0.1) is 0 Å². The molecule has 2 nitrogen and oxygen atoms in total. The topological polar surface area (TPSA) is 29.1 Å². The molecule has 1 aromatic carbocycles. The third-order valence-electron chi connectivity index (χ3n) is 3.61. The van der Waals surface area contributed by atoms with Gasteiger partial charge in [-0.1, -0.05) is 47.1 Å². The second-order valence-electron chi connectivity index (χ2n) is 5.28. The number of rotatable bonds is 3. The molecule has 0 bridgehead atoms. The van der Waals surface area contributed by atoms with Gasteiger partial charge in [-0.2, -0.15) is 0 Å². The van der Waals surface area contributed by atoms with Crippen LogP contribution in [0.4, 0.5) is 0 Å². The fourth-order valence-electron chi connectivity index (χ4n) is 2.00. The fourth-order valence-corrected chi connectivity index (χ4v) is 2.11. The number of halogens is 1. The Morgan fingerprint density at radius 3 is 2.71 bits per heavy atom. The number of hydrogen-bond acceptors (Lipinski definition) is 1. The third kappa shape index (κ3) is 2.39. The van der Waals surface area contributed by atoms with Crippen LogP contribution in [0.3, 0.4) is 0 Å². The van der Waals surface area contributed by atoms with Gasteiger partial charge in [0, 0.05) is 10.4 Å². The Balaban J connectivity index is 2.05. The Morgan fingerprint density at radius 2 is 2.12 bits per heavy atom. The number of carbonyl (C=O) groups is 1. The van der Waals surface area contributed by atoms with Crippen molar-refractivity contribution in [1.29, 1.82) is 0 Å². The highest BCUT2D eigenvalue weighted by molar-refractivity contribution is 9.09. The highest BCUT2D eigenvalue weighted by Crippen LogP contribution is 2.35. The molecule has 0 aromatic heterocycles. The molecule has 0 radical (unpaired) electrons. The fraction of sp³-hybridized carbons (Fsp3) is 0.500. The van der Waals surface area contributed by atoms with Gasteiger partial charge in [-0.3, -0.25) is 4.79 Å². The summed E-state index contributed by atoms with van der Waals surface area (Å²) in [5, 5.41) is 3.11. The van der Waals surface area contributed by atoms with Crippen LogP contribution in [0, 0.1) is 0 Å². The summed E-state index contributed by atoms with van der Waals surface area (Å²) < 4.78 is 0. The van der Waals surface area contributed by atoms with Crippen molar-refractivity contribution >= 4 is 21.8 Å². The van der Waals surface area contributed by atoms with Crippen molar-refractivity contribution < 1.29 is 4.79 Å². The maximum Gasteiger partial charge on any atom is 0.228 e. The number of nitrogens with one attached hydrogen (secondary N) is 1. The Morgan fingerprint density at radius 1 is 1.47 bits per heavy atom. The quantitative estimate of drug-likeness (QED) is 0.854. The van der Waals surface area contributed by atoms with E-state index in [1.54, 1.807) is 0 Å². The predicted molar refractivity (Wildman–Crippen MR) is 73.5 cm³/mol. The minimum atomic E-state index is -0.221. The summed E-state index contributed by atoms with van der Waals surface area (Å²) in [6.07, 6.45) is 0.870. The molecule has 3 heteroatoms. The van der Waals surface area contributed by atoms with Crippen LogP contribution in [-0.2, 0) is 11.2 Å². The van der Waals surface area contributed by atoms with Gasteiger partial charge in [0.1, 0.15) is 0 Å². The van der Waals surface area contributed by atoms with E-state index in [1.807, 2.05) is 32.0 Å². The minimum Gasteiger partial charge on any atom is -0.350 e. The number of fused-ring (bicyclic) bond motifs is 1. The number of alkyl halides is 1. The van der Waals surface area contributed by atoms with Crippen molar-refractivity contribution in [2.24, 2.45) is 0 Å². The molecule has 17 heavy (non-hydrogen) atoms. The van der Waals surface area contributed by atoms with E-state index < -0.39 is 0 Å². The molecule has 0 saturated heterocycles. The first-order chi connectivity index (χ1) is 7.92. The summed E-state index contributed by atoms with van der Waals surface area (Å²) in [4.78, 5) is 12.4. The molecular formula is C14H18BrNO. The van der Waals surface area contributed by atoms with E-state index in [0.717, 1.165) is 6.42 Å². The molecule has 0 heterocycles.